The van der Waals surface area contributed by atoms with Crippen LogP contribution in [0.2, 0.25) is 0 Å². The van der Waals surface area contributed by atoms with Gasteiger partial charge in [-0.3, -0.25) is 4.99 Å². The summed E-state index contributed by atoms with van der Waals surface area (Å²) in [5.74, 6) is 0. The van der Waals surface area contributed by atoms with Crippen molar-refractivity contribution in [2.75, 3.05) is 20.7 Å². The molecule has 4 nitrogen and oxygen atoms in total. The molecule has 0 heterocycles. The number of nitrogens with two attached hydrogens (primary N) is 1. The lowest BCUT2D eigenvalue weighted by molar-refractivity contribution is 0.0351. The molecule has 0 saturated heterocycles. The molecule has 4 unspecified atom stereocenters. The molecule has 0 radical (unpaired) electrons. The zero-order chi connectivity index (χ0) is 16.3. The normalized spacial score (nSPS) is 34.8. The number of alkyl halides is 1. The first kappa shape index (κ1) is 17.7. The van der Waals surface area contributed by atoms with Crippen LogP contribution in [0.25, 0.3) is 0 Å². The summed E-state index contributed by atoms with van der Waals surface area (Å²) in [5, 5.41) is -0.0403. The van der Waals surface area contributed by atoms with Crippen molar-refractivity contribution < 1.29 is 4.74 Å². The van der Waals surface area contributed by atoms with Crippen LogP contribution in [0.5, 0.6) is 0 Å². The van der Waals surface area contributed by atoms with E-state index in [2.05, 4.69) is 32.0 Å². The highest BCUT2D eigenvalue weighted by molar-refractivity contribution is 6.22. The van der Waals surface area contributed by atoms with Gasteiger partial charge in [0.1, 0.15) is 0 Å². The number of ether oxygens (including phenoxy) is 1. The monoisotopic (exact) mass is 325 g/mol. The van der Waals surface area contributed by atoms with E-state index < -0.39 is 0 Å². The molecule has 0 amide bonds. The maximum Gasteiger partial charge on any atom is 0.0794 e. The highest BCUT2D eigenvalue weighted by atomic mass is 35.5. The van der Waals surface area contributed by atoms with Gasteiger partial charge >= 0.3 is 0 Å². The third kappa shape index (κ3) is 4.19. The van der Waals surface area contributed by atoms with Crippen LogP contribution in [-0.4, -0.2) is 54.9 Å². The fourth-order valence-electron chi connectivity index (χ4n) is 3.13. The molecule has 124 valence electrons. The van der Waals surface area contributed by atoms with E-state index in [0.717, 1.165) is 30.7 Å². The van der Waals surface area contributed by atoms with Crippen molar-refractivity contribution in [1.82, 2.24) is 4.90 Å². The van der Waals surface area contributed by atoms with Crippen molar-refractivity contribution in [3.63, 3.8) is 0 Å². The van der Waals surface area contributed by atoms with Crippen LogP contribution < -0.4 is 5.73 Å². The predicted octanol–water partition coefficient (Wildman–Crippen LogP) is 2.73. The number of hydrogen-bond acceptors (Lipinski definition) is 4. The van der Waals surface area contributed by atoms with Gasteiger partial charge in [0.25, 0.3) is 0 Å². The molecule has 1 saturated carbocycles. The molecule has 2 aliphatic rings. The number of aliphatic imine (C=N–C) groups is 1. The first-order valence-electron chi connectivity index (χ1n) is 8.04. The van der Waals surface area contributed by atoms with Gasteiger partial charge in [-0.2, -0.15) is 0 Å². The highest BCUT2D eigenvalue weighted by Gasteiger charge is 2.34. The Morgan fingerprint density at radius 2 is 2.09 bits per heavy atom. The van der Waals surface area contributed by atoms with E-state index in [4.69, 9.17) is 27.1 Å². The third-order valence-electron chi connectivity index (χ3n) is 4.41. The van der Waals surface area contributed by atoms with Crippen molar-refractivity contribution in [3.8, 4) is 0 Å². The fraction of sp³-hybridized carbons (Fsp3) is 0.706. The number of hydrogen-bond donors (Lipinski definition) is 1. The standard InChI is InChI=1S/C17H28ClN3O/c1-5-22-17-10-15(16(21(3)4)9-13(17)19)20-14-7-6-11(2)8-12(14)18/h6-7,12-13,16-17H,5,8-10,19H2,1-4H3/b20-15+. The number of rotatable bonds is 4. The molecular weight excluding hydrogens is 298 g/mol. The van der Waals surface area contributed by atoms with E-state index in [-0.39, 0.29) is 23.6 Å². The van der Waals surface area contributed by atoms with Crippen molar-refractivity contribution >= 4 is 17.3 Å². The molecule has 1 fully saturated rings. The second-order valence-electron chi connectivity index (χ2n) is 6.46. The summed E-state index contributed by atoms with van der Waals surface area (Å²) >= 11 is 6.46. The summed E-state index contributed by atoms with van der Waals surface area (Å²) < 4.78 is 5.80. The number of halogens is 1. The molecule has 2 N–H and O–H groups in total. The van der Waals surface area contributed by atoms with E-state index in [1.54, 1.807) is 0 Å². The largest absolute Gasteiger partial charge is 0.376 e. The molecule has 0 aromatic carbocycles. The van der Waals surface area contributed by atoms with Crippen LogP contribution in [0, 0.1) is 0 Å². The summed E-state index contributed by atoms with van der Waals surface area (Å²) in [5.41, 5.74) is 9.67. The van der Waals surface area contributed by atoms with Gasteiger partial charge in [0.15, 0.2) is 0 Å². The molecule has 5 heteroatoms. The van der Waals surface area contributed by atoms with Crippen LogP contribution in [0.4, 0.5) is 0 Å². The van der Waals surface area contributed by atoms with Gasteiger partial charge in [-0.05, 0) is 46.9 Å². The van der Waals surface area contributed by atoms with Gasteiger partial charge in [0, 0.05) is 30.8 Å². The van der Waals surface area contributed by atoms with Crippen molar-refractivity contribution in [1.29, 1.82) is 0 Å². The maximum atomic E-state index is 6.46. The van der Waals surface area contributed by atoms with Crippen LogP contribution in [0.1, 0.15) is 33.1 Å². The summed E-state index contributed by atoms with van der Waals surface area (Å²) in [4.78, 5) is 7.09. The summed E-state index contributed by atoms with van der Waals surface area (Å²) in [7, 11) is 4.15. The Hall–Kier alpha value is -0.680. The molecule has 0 spiro atoms. The Morgan fingerprint density at radius 3 is 2.68 bits per heavy atom. The average molecular weight is 326 g/mol. The van der Waals surface area contributed by atoms with Crippen LogP contribution in [0.3, 0.4) is 0 Å². The summed E-state index contributed by atoms with van der Waals surface area (Å²) in [6.45, 7) is 4.79. The topological polar surface area (TPSA) is 50.8 Å². The predicted molar refractivity (Wildman–Crippen MR) is 93.6 cm³/mol. The summed E-state index contributed by atoms with van der Waals surface area (Å²) in [6, 6.07) is 0.309. The molecule has 0 bridgehead atoms. The smallest absolute Gasteiger partial charge is 0.0794 e. The first-order chi connectivity index (χ1) is 10.4. The molecule has 2 rings (SSSR count). The zero-order valence-electron chi connectivity index (χ0n) is 14.1. The van der Waals surface area contributed by atoms with Gasteiger partial charge in [0.05, 0.1) is 17.2 Å². The van der Waals surface area contributed by atoms with Crippen molar-refractivity contribution in [2.24, 2.45) is 10.7 Å². The quantitative estimate of drug-likeness (QED) is 0.809. The van der Waals surface area contributed by atoms with Gasteiger partial charge in [0.2, 0.25) is 0 Å². The Bertz CT molecular complexity index is 484. The van der Waals surface area contributed by atoms with E-state index in [0.29, 0.717) is 6.61 Å². The van der Waals surface area contributed by atoms with Crippen LogP contribution in [-0.2, 0) is 4.74 Å². The minimum Gasteiger partial charge on any atom is -0.376 e. The van der Waals surface area contributed by atoms with Crippen LogP contribution in [0.15, 0.2) is 28.4 Å². The van der Waals surface area contributed by atoms with Gasteiger partial charge in [-0.1, -0.05) is 11.6 Å². The van der Waals surface area contributed by atoms with Crippen molar-refractivity contribution in [2.45, 2.75) is 56.7 Å². The minimum absolute atomic E-state index is 0.0403. The molecule has 0 aliphatic heterocycles. The third-order valence-corrected chi connectivity index (χ3v) is 4.78. The van der Waals surface area contributed by atoms with Gasteiger partial charge in [-0.25, -0.2) is 0 Å². The summed E-state index contributed by atoms with van der Waals surface area (Å²) in [6.07, 6.45) is 6.71. The SMILES string of the molecule is CCOC1C/C(=N\C2=CC=C(C)CC2Cl)C(N(C)C)CC1N. The van der Waals surface area contributed by atoms with E-state index >= 15 is 0 Å². The van der Waals surface area contributed by atoms with E-state index in [9.17, 15) is 0 Å². The van der Waals surface area contributed by atoms with Gasteiger partial charge < -0.3 is 15.4 Å². The molecule has 4 atom stereocenters. The second kappa shape index (κ2) is 7.73. The Kier molecular flexibility index (Phi) is 6.21. The minimum atomic E-state index is -0.0403. The maximum absolute atomic E-state index is 6.46. The lowest BCUT2D eigenvalue weighted by atomic mass is 9.86. The zero-order valence-corrected chi connectivity index (χ0v) is 14.8. The van der Waals surface area contributed by atoms with E-state index in [1.807, 2.05) is 13.0 Å². The lowest BCUT2D eigenvalue weighted by Gasteiger charge is -2.38. The molecule has 22 heavy (non-hydrogen) atoms. The fourth-order valence-corrected chi connectivity index (χ4v) is 3.49. The molecule has 0 aromatic rings. The first-order valence-corrected chi connectivity index (χ1v) is 8.48. The molecule has 0 aromatic heterocycles. The second-order valence-corrected chi connectivity index (χ2v) is 6.98. The molecular formula is C17H28ClN3O. The Balaban J connectivity index is 2.25. The van der Waals surface area contributed by atoms with Crippen molar-refractivity contribution in [3.05, 3.63) is 23.4 Å². The van der Waals surface area contributed by atoms with Crippen LogP contribution >= 0.6 is 11.6 Å². The Morgan fingerprint density at radius 1 is 1.36 bits per heavy atom. The Labute approximate surface area is 139 Å². The lowest BCUT2D eigenvalue weighted by Crippen LogP contribution is -2.52. The average Bonchev–Trinajstić information content (AvgIpc) is 2.45. The highest BCUT2D eigenvalue weighted by Crippen LogP contribution is 2.28. The van der Waals surface area contributed by atoms with Gasteiger partial charge in [-0.15, -0.1) is 11.6 Å². The number of nitrogens with zero attached hydrogens (tertiary/aromatic N) is 2. The number of allylic oxidation sites excluding steroid dienone is 4. The van der Waals surface area contributed by atoms with E-state index in [1.165, 1.54) is 5.57 Å². The molecule has 2 aliphatic carbocycles.